The average Bonchev–Trinajstić information content (AvgIpc) is 3.00. The third-order valence-corrected chi connectivity index (χ3v) is 4.21. The quantitative estimate of drug-likeness (QED) is 0.798. The van der Waals surface area contributed by atoms with Crippen molar-refractivity contribution in [3.8, 4) is 0 Å². The second-order valence-corrected chi connectivity index (χ2v) is 6.11. The van der Waals surface area contributed by atoms with Gasteiger partial charge >= 0.3 is 0 Å². The summed E-state index contributed by atoms with van der Waals surface area (Å²) in [5.41, 5.74) is 1.30. The molecular weight excluding hydrogens is 270 g/mol. The molecule has 1 saturated carbocycles. The van der Waals surface area contributed by atoms with Crippen LogP contribution in [0.4, 0.5) is 0 Å². The van der Waals surface area contributed by atoms with E-state index < -0.39 is 0 Å². The third kappa shape index (κ3) is 3.44. The standard InChI is InChI=1S/C17H20ClNO/c1-12-10-16(12)17-7-6-15(20-17)11-19-9-8-13-2-4-14(18)5-3-13/h2-7,12,16,19H,8-11H2,1H3. The van der Waals surface area contributed by atoms with Gasteiger partial charge in [-0.3, -0.25) is 0 Å². The van der Waals surface area contributed by atoms with Crippen LogP contribution in [0.15, 0.2) is 40.8 Å². The van der Waals surface area contributed by atoms with Gasteiger partial charge in [0, 0.05) is 10.9 Å². The summed E-state index contributed by atoms with van der Waals surface area (Å²) in [5, 5.41) is 4.21. The van der Waals surface area contributed by atoms with Gasteiger partial charge in [0.05, 0.1) is 6.54 Å². The Hall–Kier alpha value is -1.25. The van der Waals surface area contributed by atoms with E-state index in [-0.39, 0.29) is 0 Å². The molecule has 3 heteroatoms. The van der Waals surface area contributed by atoms with E-state index in [2.05, 4.69) is 36.5 Å². The highest BCUT2D eigenvalue weighted by atomic mass is 35.5. The number of hydrogen-bond acceptors (Lipinski definition) is 2. The first-order chi connectivity index (χ1) is 9.72. The molecule has 20 heavy (non-hydrogen) atoms. The summed E-state index contributed by atoms with van der Waals surface area (Å²) in [6.07, 6.45) is 2.28. The SMILES string of the molecule is CC1CC1c1ccc(CNCCc2ccc(Cl)cc2)o1. The van der Waals surface area contributed by atoms with Crippen LogP contribution < -0.4 is 5.32 Å². The Kier molecular flexibility index (Phi) is 4.13. The normalized spacial score (nSPS) is 21.1. The van der Waals surface area contributed by atoms with Gasteiger partial charge in [0.2, 0.25) is 0 Å². The molecule has 1 aromatic heterocycles. The summed E-state index contributed by atoms with van der Waals surface area (Å²) in [7, 11) is 0. The van der Waals surface area contributed by atoms with E-state index >= 15 is 0 Å². The van der Waals surface area contributed by atoms with E-state index in [1.165, 1.54) is 12.0 Å². The molecule has 1 N–H and O–H groups in total. The fourth-order valence-electron chi connectivity index (χ4n) is 2.50. The van der Waals surface area contributed by atoms with Crippen molar-refractivity contribution >= 4 is 11.6 Å². The molecule has 0 radical (unpaired) electrons. The van der Waals surface area contributed by atoms with Crippen LogP contribution in [-0.2, 0) is 13.0 Å². The number of hydrogen-bond donors (Lipinski definition) is 1. The zero-order valence-electron chi connectivity index (χ0n) is 11.7. The van der Waals surface area contributed by atoms with Crippen molar-refractivity contribution in [1.82, 2.24) is 5.32 Å². The Bertz CT molecular complexity index is 561. The fourth-order valence-corrected chi connectivity index (χ4v) is 2.63. The van der Waals surface area contributed by atoms with Crippen LogP contribution in [0.1, 0.15) is 36.3 Å². The van der Waals surface area contributed by atoms with Crippen molar-refractivity contribution in [2.75, 3.05) is 6.54 Å². The third-order valence-electron chi connectivity index (χ3n) is 3.96. The summed E-state index contributed by atoms with van der Waals surface area (Å²) in [6, 6.07) is 12.2. The summed E-state index contributed by atoms with van der Waals surface area (Å²) in [5.74, 6) is 3.66. The van der Waals surface area contributed by atoms with E-state index in [4.69, 9.17) is 16.0 Å². The van der Waals surface area contributed by atoms with Crippen LogP contribution in [0.5, 0.6) is 0 Å². The first-order valence-electron chi connectivity index (χ1n) is 7.26. The first-order valence-corrected chi connectivity index (χ1v) is 7.64. The molecule has 2 aromatic rings. The molecule has 3 rings (SSSR count). The largest absolute Gasteiger partial charge is 0.464 e. The molecule has 1 aliphatic carbocycles. The van der Waals surface area contributed by atoms with Crippen LogP contribution in [0, 0.1) is 5.92 Å². The molecule has 106 valence electrons. The van der Waals surface area contributed by atoms with Gasteiger partial charge in [0.1, 0.15) is 11.5 Å². The van der Waals surface area contributed by atoms with E-state index in [9.17, 15) is 0 Å². The van der Waals surface area contributed by atoms with Crippen LogP contribution >= 0.6 is 11.6 Å². The van der Waals surface area contributed by atoms with Gasteiger partial charge in [0.25, 0.3) is 0 Å². The van der Waals surface area contributed by atoms with Gasteiger partial charge in [0.15, 0.2) is 0 Å². The average molecular weight is 290 g/mol. The van der Waals surface area contributed by atoms with Crippen molar-refractivity contribution in [1.29, 1.82) is 0 Å². The number of benzene rings is 1. The molecule has 2 atom stereocenters. The van der Waals surface area contributed by atoms with E-state index in [0.717, 1.165) is 42.0 Å². The maximum Gasteiger partial charge on any atom is 0.117 e. The summed E-state index contributed by atoms with van der Waals surface area (Å²) in [4.78, 5) is 0. The minimum absolute atomic E-state index is 0.665. The highest BCUT2D eigenvalue weighted by molar-refractivity contribution is 6.30. The zero-order valence-corrected chi connectivity index (χ0v) is 12.5. The lowest BCUT2D eigenvalue weighted by Gasteiger charge is -2.03. The molecule has 0 saturated heterocycles. The predicted octanol–water partition coefficient (Wildman–Crippen LogP) is 4.39. The van der Waals surface area contributed by atoms with Crippen molar-refractivity contribution in [3.63, 3.8) is 0 Å². The molecule has 1 aliphatic rings. The number of halogens is 1. The van der Waals surface area contributed by atoms with Gasteiger partial charge < -0.3 is 9.73 Å². The van der Waals surface area contributed by atoms with E-state index in [1.807, 2.05) is 12.1 Å². The summed E-state index contributed by atoms with van der Waals surface area (Å²) in [6.45, 7) is 4.02. The van der Waals surface area contributed by atoms with Gasteiger partial charge in [-0.1, -0.05) is 30.7 Å². The molecule has 0 amide bonds. The molecule has 1 fully saturated rings. The molecule has 0 aliphatic heterocycles. The Morgan fingerprint density at radius 1 is 1.20 bits per heavy atom. The second-order valence-electron chi connectivity index (χ2n) is 5.68. The van der Waals surface area contributed by atoms with E-state index in [1.54, 1.807) is 0 Å². The number of nitrogens with one attached hydrogen (secondary N) is 1. The molecule has 0 spiro atoms. The Labute approximate surface area is 125 Å². The molecule has 2 nitrogen and oxygen atoms in total. The monoisotopic (exact) mass is 289 g/mol. The molecular formula is C17H20ClNO. The topological polar surface area (TPSA) is 25.2 Å². The molecule has 1 aromatic carbocycles. The van der Waals surface area contributed by atoms with Gasteiger partial charge in [-0.05, 0) is 55.1 Å². The van der Waals surface area contributed by atoms with Crippen LogP contribution in [0.25, 0.3) is 0 Å². The lowest BCUT2D eigenvalue weighted by Crippen LogP contribution is -2.16. The summed E-state index contributed by atoms with van der Waals surface area (Å²) < 4.78 is 5.87. The first kappa shape index (κ1) is 13.7. The Balaban J connectivity index is 1.41. The molecule has 2 unspecified atom stereocenters. The highest BCUT2D eigenvalue weighted by Crippen LogP contribution is 2.47. The minimum Gasteiger partial charge on any atom is -0.464 e. The van der Waals surface area contributed by atoms with Gasteiger partial charge in [-0.15, -0.1) is 0 Å². The predicted molar refractivity (Wildman–Crippen MR) is 82.1 cm³/mol. The summed E-state index contributed by atoms with van der Waals surface area (Å²) >= 11 is 5.87. The second kappa shape index (κ2) is 6.02. The highest BCUT2D eigenvalue weighted by Gasteiger charge is 2.36. The zero-order chi connectivity index (χ0) is 13.9. The smallest absolute Gasteiger partial charge is 0.117 e. The van der Waals surface area contributed by atoms with Gasteiger partial charge in [-0.25, -0.2) is 0 Å². The van der Waals surface area contributed by atoms with Crippen molar-refractivity contribution in [2.24, 2.45) is 5.92 Å². The fraction of sp³-hybridized carbons (Fsp3) is 0.412. The van der Waals surface area contributed by atoms with Crippen molar-refractivity contribution in [3.05, 3.63) is 58.5 Å². The van der Waals surface area contributed by atoms with Crippen LogP contribution in [0.2, 0.25) is 5.02 Å². The van der Waals surface area contributed by atoms with Crippen molar-refractivity contribution < 1.29 is 4.42 Å². The molecule has 1 heterocycles. The van der Waals surface area contributed by atoms with Gasteiger partial charge in [-0.2, -0.15) is 0 Å². The Morgan fingerprint density at radius 2 is 1.95 bits per heavy atom. The lowest BCUT2D eigenvalue weighted by atomic mass is 10.1. The number of furan rings is 1. The Morgan fingerprint density at radius 3 is 2.65 bits per heavy atom. The maximum atomic E-state index is 5.87. The van der Waals surface area contributed by atoms with E-state index in [0.29, 0.717) is 5.92 Å². The maximum absolute atomic E-state index is 5.87. The lowest BCUT2D eigenvalue weighted by molar-refractivity contribution is 0.445. The van der Waals surface area contributed by atoms with Crippen LogP contribution in [0.3, 0.4) is 0 Å². The van der Waals surface area contributed by atoms with Crippen LogP contribution in [-0.4, -0.2) is 6.54 Å². The molecule has 0 bridgehead atoms. The minimum atomic E-state index is 0.665. The van der Waals surface area contributed by atoms with Crippen molar-refractivity contribution in [2.45, 2.75) is 32.2 Å². The number of rotatable bonds is 6.